The van der Waals surface area contributed by atoms with Gasteiger partial charge in [0, 0.05) is 19.6 Å². The van der Waals surface area contributed by atoms with Gasteiger partial charge in [-0.3, -0.25) is 0 Å². The normalized spacial score (nSPS) is 20.0. The van der Waals surface area contributed by atoms with Gasteiger partial charge in [-0.25, -0.2) is 0 Å². The van der Waals surface area contributed by atoms with E-state index in [1.165, 1.54) is 12.8 Å². The SMILES string of the molecule is CN(C)CCOCCNCC1(O)CCCCCC1. The molecule has 0 aromatic heterocycles. The van der Waals surface area contributed by atoms with Crippen LogP contribution in [-0.4, -0.2) is 62.6 Å². The Labute approximate surface area is 112 Å². The van der Waals surface area contributed by atoms with Crippen molar-refractivity contribution >= 4 is 0 Å². The Morgan fingerprint density at radius 2 is 1.78 bits per heavy atom. The van der Waals surface area contributed by atoms with E-state index in [2.05, 4.69) is 10.2 Å². The van der Waals surface area contributed by atoms with E-state index in [4.69, 9.17) is 4.74 Å². The van der Waals surface area contributed by atoms with Crippen LogP contribution in [0.4, 0.5) is 0 Å². The largest absolute Gasteiger partial charge is 0.389 e. The van der Waals surface area contributed by atoms with Crippen LogP contribution in [-0.2, 0) is 4.74 Å². The van der Waals surface area contributed by atoms with Gasteiger partial charge in [0.05, 0.1) is 18.8 Å². The fraction of sp³-hybridized carbons (Fsp3) is 1.00. The first kappa shape index (κ1) is 15.9. The molecule has 0 radical (unpaired) electrons. The van der Waals surface area contributed by atoms with Gasteiger partial charge in [0.15, 0.2) is 0 Å². The highest BCUT2D eigenvalue weighted by Crippen LogP contribution is 2.26. The number of ether oxygens (including phenoxy) is 1. The van der Waals surface area contributed by atoms with Crippen LogP contribution in [0.15, 0.2) is 0 Å². The molecule has 1 rings (SSSR count). The summed E-state index contributed by atoms with van der Waals surface area (Å²) in [5.74, 6) is 0. The molecule has 0 spiro atoms. The minimum absolute atomic E-state index is 0.472. The second-order valence-corrected chi connectivity index (χ2v) is 5.73. The molecule has 1 aliphatic carbocycles. The average molecular weight is 258 g/mol. The lowest BCUT2D eigenvalue weighted by Crippen LogP contribution is -2.41. The zero-order chi connectivity index (χ0) is 13.3. The van der Waals surface area contributed by atoms with E-state index in [-0.39, 0.29) is 0 Å². The van der Waals surface area contributed by atoms with Gasteiger partial charge in [-0.15, -0.1) is 0 Å². The molecule has 108 valence electrons. The maximum Gasteiger partial charge on any atom is 0.0771 e. The van der Waals surface area contributed by atoms with Crippen molar-refractivity contribution in [1.82, 2.24) is 10.2 Å². The lowest BCUT2D eigenvalue weighted by atomic mass is 9.94. The van der Waals surface area contributed by atoms with Crippen LogP contribution >= 0.6 is 0 Å². The summed E-state index contributed by atoms with van der Waals surface area (Å²) in [7, 11) is 4.09. The molecular formula is C14H30N2O2. The van der Waals surface area contributed by atoms with E-state index in [1.807, 2.05) is 14.1 Å². The van der Waals surface area contributed by atoms with Crippen molar-refractivity contribution in [2.45, 2.75) is 44.1 Å². The smallest absolute Gasteiger partial charge is 0.0771 e. The van der Waals surface area contributed by atoms with E-state index in [9.17, 15) is 5.11 Å². The van der Waals surface area contributed by atoms with Crippen LogP contribution in [0.25, 0.3) is 0 Å². The van der Waals surface area contributed by atoms with Crippen LogP contribution in [0.2, 0.25) is 0 Å². The minimum Gasteiger partial charge on any atom is -0.389 e. The second kappa shape index (κ2) is 8.86. The van der Waals surface area contributed by atoms with E-state index < -0.39 is 5.60 Å². The van der Waals surface area contributed by atoms with Crippen LogP contribution < -0.4 is 5.32 Å². The number of aliphatic hydroxyl groups is 1. The van der Waals surface area contributed by atoms with Crippen molar-refractivity contribution < 1.29 is 9.84 Å². The van der Waals surface area contributed by atoms with Crippen molar-refractivity contribution in [1.29, 1.82) is 0 Å². The summed E-state index contributed by atoms with van der Waals surface area (Å²) in [6.07, 6.45) is 6.77. The van der Waals surface area contributed by atoms with Crippen LogP contribution in [0.1, 0.15) is 38.5 Å². The quantitative estimate of drug-likeness (QED) is 0.508. The van der Waals surface area contributed by atoms with Crippen molar-refractivity contribution in [3.05, 3.63) is 0 Å². The Morgan fingerprint density at radius 3 is 2.39 bits per heavy atom. The molecule has 18 heavy (non-hydrogen) atoms. The number of nitrogens with zero attached hydrogens (tertiary/aromatic N) is 1. The molecule has 4 heteroatoms. The van der Waals surface area contributed by atoms with Gasteiger partial charge in [-0.2, -0.15) is 0 Å². The zero-order valence-corrected chi connectivity index (χ0v) is 12.1. The topological polar surface area (TPSA) is 44.7 Å². The van der Waals surface area contributed by atoms with Gasteiger partial charge in [0.2, 0.25) is 0 Å². The molecule has 0 amide bonds. The highest BCUT2D eigenvalue weighted by Gasteiger charge is 2.26. The number of nitrogens with one attached hydrogen (secondary N) is 1. The molecule has 0 atom stereocenters. The molecule has 0 aromatic rings. The van der Waals surface area contributed by atoms with Crippen LogP contribution in [0.5, 0.6) is 0 Å². The Bertz CT molecular complexity index is 202. The van der Waals surface area contributed by atoms with E-state index >= 15 is 0 Å². The molecule has 2 N–H and O–H groups in total. The van der Waals surface area contributed by atoms with Crippen molar-refractivity contribution in [2.75, 3.05) is 46.9 Å². The van der Waals surface area contributed by atoms with Gasteiger partial charge in [0.25, 0.3) is 0 Å². The molecule has 0 saturated heterocycles. The highest BCUT2D eigenvalue weighted by atomic mass is 16.5. The van der Waals surface area contributed by atoms with Crippen LogP contribution in [0, 0.1) is 0 Å². The molecule has 0 aliphatic heterocycles. The second-order valence-electron chi connectivity index (χ2n) is 5.73. The number of hydrogen-bond acceptors (Lipinski definition) is 4. The first-order valence-electron chi connectivity index (χ1n) is 7.28. The van der Waals surface area contributed by atoms with Gasteiger partial charge in [0.1, 0.15) is 0 Å². The molecule has 1 aliphatic rings. The maximum absolute atomic E-state index is 10.4. The van der Waals surface area contributed by atoms with E-state index in [0.717, 1.165) is 52.0 Å². The lowest BCUT2D eigenvalue weighted by molar-refractivity contribution is 0.0230. The number of hydrogen-bond donors (Lipinski definition) is 2. The predicted octanol–water partition coefficient (Wildman–Crippen LogP) is 1.24. The molecule has 0 heterocycles. The molecule has 4 nitrogen and oxygen atoms in total. The predicted molar refractivity (Wildman–Crippen MR) is 74.9 cm³/mol. The summed E-state index contributed by atoms with van der Waals surface area (Å²) < 4.78 is 5.51. The highest BCUT2D eigenvalue weighted by molar-refractivity contribution is 4.83. The third-order valence-corrected chi connectivity index (χ3v) is 3.59. The average Bonchev–Trinajstić information content (AvgIpc) is 2.53. The fourth-order valence-corrected chi connectivity index (χ4v) is 2.38. The Kier molecular flexibility index (Phi) is 7.82. The monoisotopic (exact) mass is 258 g/mol. The van der Waals surface area contributed by atoms with Crippen molar-refractivity contribution in [3.63, 3.8) is 0 Å². The Balaban J connectivity index is 1.99. The molecular weight excluding hydrogens is 228 g/mol. The number of likely N-dealkylation sites (N-methyl/N-ethyl adjacent to an activating group) is 1. The zero-order valence-electron chi connectivity index (χ0n) is 12.1. The summed E-state index contributed by atoms with van der Waals surface area (Å²) in [5.41, 5.74) is -0.472. The maximum atomic E-state index is 10.4. The van der Waals surface area contributed by atoms with Gasteiger partial charge in [-0.1, -0.05) is 25.7 Å². The molecule has 0 aromatic carbocycles. The fourth-order valence-electron chi connectivity index (χ4n) is 2.38. The minimum atomic E-state index is -0.472. The summed E-state index contributed by atoms with van der Waals surface area (Å²) in [4.78, 5) is 2.11. The third-order valence-electron chi connectivity index (χ3n) is 3.59. The lowest BCUT2D eigenvalue weighted by Gasteiger charge is -2.26. The molecule has 1 saturated carbocycles. The van der Waals surface area contributed by atoms with Gasteiger partial charge in [-0.05, 0) is 26.9 Å². The molecule has 0 unspecified atom stereocenters. The summed E-state index contributed by atoms with van der Waals surface area (Å²) in [5, 5.41) is 13.7. The molecule has 1 fully saturated rings. The van der Waals surface area contributed by atoms with Crippen LogP contribution in [0.3, 0.4) is 0 Å². The number of rotatable bonds is 8. The molecule has 0 bridgehead atoms. The summed E-state index contributed by atoms with van der Waals surface area (Å²) in [6, 6.07) is 0. The van der Waals surface area contributed by atoms with E-state index in [0.29, 0.717) is 6.54 Å². The van der Waals surface area contributed by atoms with Crippen molar-refractivity contribution in [2.24, 2.45) is 0 Å². The Morgan fingerprint density at radius 1 is 1.11 bits per heavy atom. The summed E-state index contributed by atoms with van der Waals surface area (Å²) in [6.45, 7) is 4.01. The summed E-state index contributed by atoms with van der Waals surface area (Å²) >= 11 is 0. The first-order chi connectivity index (χ1) is 8.62. The third kappa shape index (κ3) is 7.31. The van der Waals surface area contributed by atoms with E-state index in [1.54, 1.807) is 0 Å². The van der Waals surface area contributed by atoms with Gasteiger partial charge >= 0.3 is 0 Å². The first-order valence-corrected chi connectivity index (χ1v) is 7.28. The van der Waals surface area contributed by atoms with Gasteiger partial charge < -0.3 is 20.1 Å². The standard InChI is InChI=1S/C14H30N2O2/c1-16(2)10-12-18-11-9-15-13-14(17)7-5-3-4-6-8-14/h15,17H,3-13H2,1-2H3. The van der Waals surface area contributed by atoms with Crippen molar-refractivity contribution in [3.8, 4) is 0 Å². The Hall–Kier alpha value is -0.160.